The van der Waals surface area contributed by atoms with Crippen molar-refractivity contribution in [1.29, 1.82) is 0 Å². The minimum atomic E-state index is -4.54. The molecule has 4 amide bonds. The molecule has 0 aliphatic carbocycles. The van der Waals surface area contributed by atoms with Crippen LogP contribution in [0.1, 0.15) is 18.6 Å². The van der Waals surface area contributed by atoms with E-state index >= 15 is 0 Å². The van der Waals surface area contributed by atoms with E-state index in [9.17, 15) is 40.6 Å². The third kappa shape index (κ3) is 29.2. The summed E-state index contributed by atoms with van der Waals surface area (Å²) in [7, 11) is -18.0. The van der Waals surface area contributed by atoms with Gasteiger partial charge in [0.1, 0.15) is 9.79 Å². The van der Waals surface area contributed by atoms with Crippen molar-refractivity contribution in [2.24, 2.45) is 0 Å². The summed E-state index contributed by atoms with van der Waals surface area (Å²) in [6.45, 7) is 20.4. The first-order valence-corrected chi connectivity index (χ1v) is 23.2. The van der Waals surface area contributed by atoms with E-state index in [1.54, 1.807) is 66.7 Å². The van der Waals surface area contributed by atoms with Crippen LogP contribution in [0, 0.1) is 0 Å². The van der Waals surface area contributed by atoms with Crippen molar-refractivity contribution < 1.29 is 83.0 Å². The predicted octanol–water partition coefficient (Wildman–Crippen LogP) is 4.63. The molecule has 4 rings (SSSR count). The van der Waals surface area contributed by atoms with E-state index in [0.717, 1.165) is 35.9 Å². The Hall–Kier alpha value is -8.12. The summed E-state index contributed by atoms with van der Waals surface area (Å²) in [5.41, 5.74) is 3.60. The van der Waals surface area contributed by atoms with E-state index in [4.69, 9.17) is 42.4 Å². The molecule has 0 atom stereocenters. The SMILES string of the molecule is C.C=CC(=O)Nc1ccc(-c2ccc(NC(=O)C=C)cc2S(=O)(=O)O)cc1.C=CC(=O)Nc1ccccc1NC(=O)C=C.C=Cc1ccc(S(=O)(=O)O)c(C=C)c1.O=S(=O)=O.O=S(=O)=O.O=S(=O)=O. The number of carbonyl (C=O) groups excluding carboxylic acids is 4. The Bertz CT molecular complexity index is 2990. The Morgan fingerprint density at radius 2 is 0.826 bits per heavy atom. The number of amides is 4. The van der Waals surface area contributed by atoms with E-state index in [2.05, 4.69) is 60.7 Å². The van der Waals surface area contributed by atoms with Gasteiger partial charge in [0, 0.05) is 16.9 Å². The highest BCUT2D eigenvalue weighted by Crippen LogP contribution is 2.31. The van der Waals surface area contributed by atoms with Crippen LogP contribution in [0.25, 0.3) is 23.3 Å². The van der Waals surface area contributed by atoms with Crippen molar-refractivity contribution >= 4 is 111 Å². The molecule has 0 saturated heterocycles. The number of nitrogens with one attached hydrogen (secondary N) is 4. The van der Waals surface area contributed by atoms with Crippen LogP contribution in [0.4, 0.5) is 22.7 Å². The number of carbonyl (C=O) groups is 4. The van der Waals surface area contributed by atoms with Gasteiger partial charge in [0.2, 0.25) is 23.6 Å². The van der Waals surface area contributed by atoms with Crippen molar-refractivity contribution in [2.75, 3.05) is 21.3 Å². The molecular formula is C41H42N4O19S5. The average Bonchev–Trinajstić information content (AvgIpc) is 3.26. The topological polar surface area (TPSA) is 379 Å². The fourth-order valence-corrected chi connectivity index (χ4v) is 5.75. The molecule has 6 N–H and O–H groups in total. The van der Waals surface area contributed by atoms with Crippen molar-refractivity contribution in [3.05, 3.63) is 160 Å². The number of para-hydroxylation sites is 2. The fraction of sp³-hybridized carbons (Fsp3) is 0.0244. The lowest BCUT2D eigenvalue weighted by molar-refractivity contribution is -0.112. The highest BCUT2D eigenvalue weighted by atomic mass is 32.2. The number of benzene rings is 4. The molecule has 69 heavy (non-hydrogen) atoms. The van der Waals surface area contributed by atoms with Gasteiger partial charge in [0.05, 0.1) is 11.4 Å². The van der Waals surface area contributed by atoms with E-state index in [1.165, 1.54) is 24.3 Å². The first kappa shape index (κ1) is 65.2. The van der Waals surface area contributed by atoms with Gasteiger partial charge in [0.25, 0.3) is 20.2 Å². The largest absolute Gasteiger partial charge is 0.425 e. The number of hydrogen-bond acceptors (Lipinski definition) is 17. The van der Waals surface area contributed by atoms with Gasteiger partial charge >= 0.3 is 31.8 Å². The Kier molecular flexibility index (Phi) is 31.5. The van der Waals surface area contributed by atoms with Gasteiger partial charge in [0.15, 0.2) is 0 Å². The molecule has 0 aliphatic heterocycles. The first-order chi connectivity index (χ1) is 31.6. The molecule has 0 aliphatic rings. The van der Waals surface area contributed by atoms with Gasteiger partial charge in [-0.25, -0.2) is 0 Å². The van der Waals surface area contributed by atoms with E-state index in [1.807, 2.05) is 0 Å². The molecule has 370 valence electrons. The molecule has 0 radical (unpaired) electrons. The zero-order chi connectivity index (χ0) is 52.8. The van der Waals surface area contributed by atoms with E-state index in [0.29, 0.717) is 28.2 Å². The fourth-order valence-electron chi connectivity index (χ4n) is 4.33. The van der Waals surface area contributed by atoms with Gasteiger partial charge in [-0.1, -0.05) is 95.5 Å². The summed E-state index contributed by atoms with van der Waals surface area (Å²) in [4.78, 5) is 44.4. The Morgan fingerprint density at radius 3 is 1.17 bits per heavy atom. The molecule has 0 heterocycles. The Morgan fingerprint density at radius 1 is 0.464 bits per heavy atom. The third-order valence-corrected chi connectivity index (χ3v) is 8.76. The molecule has 0 bridgehead atoms. The molecule has 4 aromatic rings. The third-order valence-electron chi connectivity index (χ3n) is 6.94. The summed E-state index contributed by atoms with van der Waals surface area (Å²) in [6, 6.07) is 21.8. The molecular weight excluding hydrogens is 1010 g/mol. The lowest BCUT2D eigenvalue weighted by Crippen LogP contribution is -2.13. The van der Waals surface area contributed by atoms with Gasteiger partial charge in [-0.15, -0.1) is 37.9 Å². The standard InChI is InChI=1S/C18H16N2O5S.C12H12N2O2.C10H10O3S.CH4.3O3S/c1-3-17(21)19-13-7-5-12(6-8-13)15-10-9-14(20-18(22)4-2)11-16(15)26(23,24)25;1-3-11(15)13-9-7-5-6-8-10(9)14-12(16)4-2;1-3-8-5-6-10(14(11,12)13)9(4-2)7-8;;3*1-4(2)3/h3-11H,1-2H2,(H,19,21)(H,20,22)(H,23,24,25);3-8H,1-2H2,(H,13,15)(H,14,16);3-7H,1-2H2,(H,11,12,13);1H4;;;. The summed E-state index contributed by atoms with van der Waals surface area (Å²) in [6.07, 6.45) is 7.44. The summed E-state index contributed by atoms with van der Waals surface area (Å²) in [5.74, 6) is -1.55. The second-order valence-corrected chi connectivity index (χ2v) is 15.4. The predicted molar refractivity (Wildman–Crippen MR) is 256 cm³/mol. The normalized spacial score (nSPS) is 9.36. The average molecular weight is 1060 g/mol. The molecule has 0 saturated carbocycles. The van der Waals surface area contributed by atoms with Crippen LogP contribution in [-0.4, -0.2) is 87.4 Å². The second-order valence-electron chi connectivity index (χ2n) is 11.4. The van der Waals surface area contributed by atoms with Crippen LogP contribution >= 0.6 is 0 Å². The number of anilines is 4. The van der Waals surface area contributed by atoms with Gasteiger partial charge in [-0.3, -0.25) is 28.3 Å². The monoisotopic (exact) mass is 1050 g/mol. The first-order valence-electron chi connectivity index (χ1n) is 17.3. The molecule has 28 heteroatoms. The van der Waals surface area contributed by atoms with Crippen LogP contribution in [0.3, 0.4) is 0 Å². The molecule has 23 nitrogen and oxygen atoms in total. The van der Waals surface area contributed by atoms with Crippen LogP contribution < -0.4 is 21.3 Å². The van der Waals surface area contributed by atoms with Gasteiger partial charge in [-0.05, 0) is 89.5 Å². The lowest BCUT2D eigenvalue weighted by atomic mass is 10.0. The minimum Gasteiger partial charge on any atom is -0.323 e. The second kappa shape index (κ2) is 33.4. The molecule has 0 spiro atoms. The van der Waals surface area contributed by atoms with Crippen LogP contribution in [-0.2, 0) is 71.2 Å². The highest BCUT2D eigenvalue weighted by molar-refractivity contribution is 7.86. The lowest BCUT2D eigenvalue weighted by Gasteiger charge is -2.11. The van der Waals surface area contributed by atoms with Crippen LogP contribution in [0.15, 0.2) is 158 Å². The Labute approximate surface area is 401 Å². The van der Waals surface area contributed by atoms with Crippen molar-refractivity contribution in [2.45, 2.75) is 17.2 Å². The zero-order valence-electron chi connectivity index (χ0n) is 34.7. The number of rotatable bonds is 13. The van der Waals surface area contributed by atoms with Crippen molar-refractivity contribution in [3.8, 4) is 11.1 Å². The number of hydrogen-bond donors (Lipinski definition) is 6. The van der Waals surface area contributed by atoms with Crippen LogP contribution in [0.5, 0.6) is 0 Å². The van der Waals surface area contributed by atoms with Gasteiger partial charge < -0.3 is 21.3 Å². The summed E-state index contributed by atoms with van der Waals surface area (Å²) in [5, 5.41) is 10.2. The summed E-state index contributed by atoms with van der Waals surface area (Å²) >= 11 is 0. The maximum Gasteiger partial charge on any atom is 0.425 e. The van der Waals surface area contributed by atoms with E-state index in [-0.39, 0.29) is 46.2 Å². The highest BCUT2D eigenvalue weighted by Gasteiger charge is 2.18. The maximum absolute atomic E-state index is 11.7. The quantitative estimate of drug-likeness (QED) is 0.0785. The van der Waals surface area contributed by atoms with Crippen molar-refractivity contribution in [1.82, 2.24) is 0 Å². The molecule has 0 fully saturated rings. The molecule has 0 unspecified atom stereocenters. The zero-order valence-corrected chi connectivity index (χ0v) is 38.7. The van der Waals surface area contributed by atoms with Crippen LogP contribution in [0.2, 0.25) is 0 Å². The van der Waals surface area contributed by atoms with Crippen molar-refractivity contribution in [3.63, 3.8) is 0 Å². The Balaban J connectivity index is -0.000000873. The molecule has 4 aromatic carbocycles. The van der Waals surface area contributed by atoms with E-state index < -0.39 is 58.0 Å². The maximum atomic E-state index is 11.7. The minimum absolute atomic E-state index is 0. The smallest absolute Gasteiger partial charge is 0.323 e. The summed E-state index contributed by atoms with van der Waals surface area (Å²) < 4.78 is 140. The van der Waals surface area contributed by atoms with Gasteiger partial charge in [-0.2, -0.15) is 16.8 Å². The molecule has 0 aromatic heterocycles.